The molecule has 0 N–H and O–H groups in total. The summed E-state index contributed by atoms with van der Waals surface area (Å²) < 4.78 is 0. The topological polar surface area (TPSA) is 0 Å². The van der Waals surface area contributed by atoms with Crippen molar-refractivity contribution in [3.63, 3.8) is 0 Å². The van der Waals surface area contributed by atoms with Gasteiger partial charge in [0, 0.05) is 0 Å². The van der Waals surface area contributed by atoms with Crippen LogP contribution in [0.4, 0.5) is 0 Å². The van der Waals surface area contributed by atoms with E-state index >= 15 is 0 Å². The fourth-order valence-electron chi connectivity index (χ4n) is 5.86. The molecular formula is C42H61. The quantitative estimate of drug-likeness (QED) is 0.290. The van der Waals surface area contributed by atoms with Crippen LogP contribution in [0.3, 0.4) is 0 Å². The maximum atomic E-state index is 4.04. The number of benzene rings is 3. The highest BCUT2D eigenvalue weighted by Crippen LogP contribution is 2.47. The van der Waals surface area contributed by atoms with E-state index in [0.29, 0.717) is 0 Å². The van der Waals surface area contributed by atoms with Crippen molar-refractivity contribution in [3.05, 3.63) is 81.9 Å². The second-order valence-electron chi connectivity index (χ2n) is 18.9. The van der Waals surface area contributed by atoms with Gasteiger partial charge in [-0.25, -0.2) is 0 Å². The Kier molecular flexibility index (Phi) is 8.68. The van der Waals surface area contributed by atoms with Crippen LogP contribution in [0.1, 0.15) is 158 Å². The van der Waals surface area contributed by atoms with Crippen molar-refractivity contribution in [1.82, 2.24) is 0 Å². The second kappa shape index (κ2) is 10.7. The van der Waals surface area contributed by atoms with Gasteiger partial charge in [-0.3, -0.25) is 0 Å². The molecule has 229 valence electrons. The van der Waals surface area contributed by atoms with Crippen LogP contribution in [0.2, 0.25) is 0 Å². The summed E-state index contributed by atoms with van der Waals surface area (Å²) >= 11 is 0. The molecule has 0 bridgehead atoms. The normalized spacial score (nSPS) is 14.0. The first-order chi connectivity index (χ1) is 18.6. The number of hydrogen-bond donors (Lipinski definition) is 0. The lowest BCUT2D eigenvalue weighted by Gasteiger charge is -2.35. The first-order valence-corrected chi connectivity index (χ1v) is 16.1. The van der Waals surface area contributed by atoms with Crippen LogP contribution in [0.15, 0.2) is 42.5 Å². The Balaban J connectivity index is 2.53. The van der Waals surface area contributed by atoms with Crippen molar-refractivity contribution in [3.8, 4) is 22.3 Å². The van der Waals surface area contributed by atoms with E-state index in [9.17, 15) is 0 Å². The van der Waals surface area contributed by atoms with Crippen LogP contribution in [-0.2, 0) is 32.5 Å². The Hall–Kier alpha value is -2.34. The lowest BCUT2D eigenvalue weighted by molar-refractivity contribution is 0.550. The highest BCUT2D eigenvalue weighted by atomic mass is 14.4. The zero-order chi connectivity index (χ0) is 32.4. The van der Waals surface area contributed by atoms with Crippen LogP contribution in [0.25, 0.3) is 22.3 Å². The van der Waals surface area contributed by atoms with Gasteiger partial charge in [-0.1, -0.05) is 167 Å². The van der Waals surface area contributed by atoms with Gasteiger partial charge in [-0.05, 0) is 94.2 Å². The lowest BCUT2D eigenvalue weighted by atomic mass is 9.69. The van der Waals surface area contributed by atoms with Crippen molar-refractivity contribution in [1.29, 1.82) is 0 Å². The molecule has 0 aliphatic heterocycles. The molecule has 3 rings (SSSR count). The molecule has 0 aliphatic rings. The molecule has 0 spiro atoms. The summed E-state index contributed by atoms with van der Waals surface area (Å²) in [4.78, 5) is 0. The van der Waals surface area contributed by atoms with Crippen molar-refractivity contribution in [2.24, 2.45) is 0 Å². The average molecular weight is 566 g/mol. The Morgan fingerprint density at radius 2 is 0.595 bits per heavy atom. The van der Waals surface area contributed by atoms with Crippen LogP contribution in [-0.4, -0.2) is 0 Å². The van der Waals surface area contributed by atoms with Crippen LogP contribution >= 0.6 is 0 Å². The summed E-state index contributed by atoms with van der Waals surface area (Å²) in [5.41, 5.74) is 13.6. The molecule has 0 heteroatoms. The molecule has 0 atom stereocenters. The largest absolute Gasteiger partial charge is 0.0610 e. The molecule has 0 saturated heterocycles. The highest BCUT2D eigenvalue weighted by Gasteiger charge is 2.32. The van der Waals surface area contributed by atoms with Crippen LogP contribution in [0, 0.1) is 6.07 Å². The summed E-state index contributed by atoms with van der Waals surface area (Å²) in [6, 6.07) is 20.8. The third-order valence-corrected chi connectivity index (χ3v) is 8.57. The fourth-order valence-corrected chi connectivity index (χ4v) is 5.86. The van der Waals surface area contributed by atoms with E-state index in [4.69, 9.17) is 0 Å². The Morgan fingerprint density at radius 3 is 0.786 bits per heavy atom. The number of hydrogen-bond acceptors (Lipinski definition) is 0. The first-order valence-electron chi connectivity index (χ1n) is 16.1. The van der Waals surface area contributed by atoms with E-state index < -0.39 is 0 Å². The van der Waals surface area contributed by atoms with Crippen LogP contribution in [0.5, 0.6) is 0 Å². The minimum Gasteiger partial charge on any atom is -0.0610 e. The highest BCUT2D eigenvalue weighted by molar-refractivity contribution is 5.81. The van der Waals surface area contributed by atoms with Gasteiger partial charge in [0.25, 0.3) is 0 Å². The number of rotatable bonds is 2. The van der Waals surface area contributed by atoms with Gasteiger partial charge >= 0.3 is 0 Å². The Labute approximate surface area is 260 Å². The van der Waals surface area contributed by atoms with Crippen molar-refractivity contribution >= 4 is 0 Å². The molecule has 0 aromatic heterocycles. The first kappa shape index (κ1) is 34.2. The van der Waals surface area contributed by atoms with Crippen LogP contribution < -0.4 is 0 Å². The molecule has 0 saturated carbocycles. The minimum absolute atomic E-state index is 0.0120. The monoisotopic (exact) mass is 565 g/mol. The van der Waals surface area contributed by atoms with Crippen molar-refractivity contribution < 1.29 is 0 Å². The molecule has 0 amide bonds. The third-order valence-electron chi connectivity index (χ3n) is 8.57. The van der Waals surface area contributed by atoms with Gasteiger partial charge < -0.3 is 0 Å². The summed E-state index contributed by atoms with van der Waals surface area (Å²) in [6.45, 7) is 42.3. The maximum Gasteiger partial charge on any atom is -0.00139 e. The minimum atomic E-state index is -0.0120. The average Bonchev–Trinajstić information content (AvgIpc) is 2.79. The second-order valence-corrected chi connectivity index (χ2v) is 18.9. The zero-order valence-electron chi connectivity index (χ0n) is 30.5. The van der Waals surface area contributed by atoms with E-state index in [0.717, 1.165) is 0 Å². The summed E-state index contributed by atoms with van der Waals surface area (Å²) in [5.74, 6) is 0. The van der Waals surface area contributed by atoms with Gasteiger partial charge in [0.1, 0.15) is 0 Å². The molecule has 3 aromatic carbocycles. The molecule has 0 fully saturated rings. The van der Waals surface area contributed by atoms with E-state index in [1.807, 2.05) is 0 Å². The molecular weight excluding hydrogens is 504 g/mol. The van der Waals surface area contributed by atoms with Gasteiger partial charge in [-0.15, -0.1) is 0 Å². The van der Waals surface area contributed by atoms with E-state index in [-0.39, 0.29) is 32.5 Å². The van der Waals surface area contributed by atoms with E-state index in [1.165, 1.54) is 55.6 Å². The third kappa shape index (κ3) is 7.23. The SMILES string of the molecule is CC(C)(C)c1cc(C(C)(C)C)c(-c2[c]c(-c3c(C(C)(C)C)cc(C(C)(C)C)cc3C(C)(C)C)ccc2)c(C(C)(C)C)c1. The van der Waals surface area contributed by atoms with E-state index in [2.05, 4.69) is 173 Å². The van der Waals surface area contributed by atoms with E-state index in [1.54, 1.807) is 0 Å². The molecule has 1 radical (unpaired) electrons. The summed E-state index contributed by atoms with van der Waals surface area (Å²) in [6.07, 6.45) is 0. The lowest BCUT2D eigenvalue weighted by Crippen LogP contribution is -2.23. The molecule has 0 aliphatic carbocycles. The molecule has 0 nitrogen and oxygen atoms in total. The summed E-state index contributed by atoms with van der Waals surface area (Å²) in [7, 11) is 0. The van der Waals surface area contributed by atoms with Crippen molar-refractivity contribution in [2.75, 3.05) is 0 Å². The molecule has 42 heavy (non-hydrogen) atoms. The van der Waals surface area contributed by atoms with Gasteiger partial charge in [0.2, 0.25) is 0 Å². The standard InChI is InChI=1S/C42H61/c1-37(2,3)29-23-31(39(7,8)9)35(32(24-29)40(10,11)12)27-20-19-21-28(22-27)36-33(41(13,14)15)25-30(38(4,5)6)26-34(36)42(16,17)18/h19-21,23-26H,1-18H3. The molecule has 3 aromatic rings. The smallest absolute Gasteiger partial charge is 0.00139 e. The summed E-state index contributed by atoms with van der Waals surface area (Å²) in [5, 5.41) is 0. The van der Waals surface area contributed by atoms with Crippen molar-refractivity contribution in [2.45, 2.75) is 157 Å². The predicted molar refractivity (Wildman–Crippen MR) is 188 cm³/mol. The predicted octanol–water partition coefficient (Wildman–Crippen LogP) is 12.6. The Morgan fingerprint density at radius 1 is 0.357 bits per heavy atom. The Bertz CT molecular complexity index is 1250. The maximum absolute atomic E-state index is 4.04. The van der Waals surface area contributed by atoms with Gasteiger partial charge in [0.15, 0.2) is 0 Å². The van der Waals surface area contributed by atoms with Gasteiger partial charge in [0.05, 0.1) is 0 Å². The molecule has 0 unspecified atom stereocenters. The molecule has 0 heterocycles. The van der Waals surface area contributed by atoms with Gasteiger partial charge in [-0.2, -0.15) is 0 Å². The zero-order valence-corrected chi connectivity index (χ0v) is 30.5. The fraction of sp³-hybridized carbons (Fsp3) is 0.571.